The standard InChI is InChI=1S/C26H23Cl3N2O4/c1-34-24-9-15(8-21(29)25(24)35-14-16-6-7-18(27)11-20(16)28)12-30-23(26(32)33)10-17-13-31-22-5-3-2-4-19(17)22/h2-9,11,13,23,30-31H,10,12,14H2,1H3,(H,32,33)/t23-/m1/s1. The number of hydrogen-bond acceptors (Lipinski definition) is 4. The second kappa shape index (κ2) is 11.2. The second-order valence-corrected chi connectivity index (χ2v) is 9.22. The Morgan fingerprint density at radius 2 is 1.86 bits per heavy atom. The molecule has 1 aromatic heterocycles. The quantitative estimate of drug-likeness (QED) is 0.217. The summed E-state index contributed by atoms with van der Waals surface area (Å²) in [5, 5.41) is 15.3. The van der Waals surface area contributed by atoms with Gasteiger partial charge in [0, 0.05) is 45.7 Å². The summed E-state index contributed by atoms with van der Waals surface area (Å²) >= 11 is 18.7. The third-order valence-corrected chi connectivity index (χ3v) is 6.49. The van der Waals surface area contributed by atoms with Crippen molar-refractivity contribution in [3.05, 3.63) is 92.6 Å². The van der Waals surface area contributed by atoms with Gasteiger partial charge in [0.25, 0.3) is 0 Å². The molecule has 35 heavy (non-hydrogen) atoms. The summed E-state index contributed by atoms with van der Waals surface area (Å²) in [4.78, 5) is 15.1. The first kappa shape index (κ1) is 25.2. The molecule has 0 aliphatic heterocycles. The van der Waals surface area contributed by atoms with Crippen LogP contribution >= 0.6 is 34.8 Å². The number of carboxylic acid groups (broad SMARTS) is 1. The number of H-pyrrole nitrogens is 1. The first-order chi connectivity index (χ1) is 16.9. The molecule has 0 aliphatic carbocycles. The monoisotopic (exact) mass is 532 g/mol. The van der Waals surface area contributed by atoms with E-state index in [1.54, 1.807) is 30.3 Å². The van der Waals surface area contributed by atoms with Gasteiger partial charge in [-0.1, -0.05) is 59.1 Å². The van der Waals surface area contributed by atoms with E-state index in [4.69, 9.17) is 44.3 Å². The number of carbonyl (C=O) groups is 1. The number of halogens is 3. The highest BCUT2D eigenvalue weighted by Crippen LogP contribution is 2.37. The van der Waals surface area contributed by atoms with Gasteiger partial charge in [-0.25, -0.2) is 0 Å². The Labute approximate surface area is 217 Å². The van der Waals surface area contributed by atoms with Crippen LogP contribution in [0.1, 0.15) is 16.7 Å². The summed E-state index contributed by atoms with van der Waals surface area (Å²) in [6, 6.07) is 15.7. The van der Waals surface area contributed by atoms with Crippen molar-refractivity contribution >= 4 is 51.7 Å². The number of carboxylic acids is 1. The maximum atomic E-state index is 11.9. The van der Waals surface area contributed by atoms with Crippen molar-refractivity contribution in [3.8, 4) is 11.5 Å². The normalized spacial score (nSPS) is 12.0. The maximum absolute atomic E-state index is 11.9. The minimum Gasteiger partial charge on any atom is -0.493 e. The van der Waals surface area contributed by atoms with Crippen molar-refractivity contribution in [2.45, 2.75) is 25.6 Å². The molecular weight excluding hydrogens is 511 g/mol. The van der Waals surface area contributed by atoms with Crippen molar-refractivity contribution in [1.82, 2.24) is 10.3 Å². The van der Waals surface area contributed by atoms with Crippen LogP contribution in [0.2, 0.25) is 15.1 Å². The van der Waals surface area contributed by atoms with E-state index in [9.17, 15) is 9.90 Å². The molecule has 4 rings (SSSR count). The maximum Gasteiger partial charge on any atom is 0.321 e. The van der Waals surface area contributed by atoms with E-state index in [-0.39, 0.29) is 13.2 Å². The number of aromatic amines is 1. The molecule has 6 nitrogen and oxygen atoms in total. The van der Waals surface area contributed by atoms with Crippen LogP contribution in [0.5, 0.6) is 11.5 Å². The lowest BCUT2D eigenvalue weighted by atomic mass is 10.0. The molecule has 4 aromatic rings. The fraction of sp³-hybridized carbons (Fsp3) is 0.192. The molecule has 1 atom stereocenters. The average molecular weight is 534 g/mol. The summed E-state index contributed by atoms with van der Waals surface area (Å²) in [6.07, 6.45) is 2.18. The lowest BCUT2D eigenvalue weighted by Gasteiger charge is -2.17. The van der Waals surface area contributed by atoms with Crippen molar-refractivity contribution in [2.75, 3.05) is 7.11 Å². The molecular formula is C26H23Cl3N2O4. The number of methoxy groups -OCH3 is 1. The first-order valence-corrected chi connectivity index (χ1v) is 11.9. The number of hydrogen-bond donors (Lipinski definition) is 3. The number of para-hydroxylation sites is 1. The molecule has 182 valence electrons. The van der Waals surface area contributed by atoms with E-state index < -0.39 is 12.0 Å². The molecule has 3 aromatic carbocycles. The predicted octanol–water partition coefficient (Wildman–Crippen LogP) is 6.50. The number of benzene rings is 3. The fourth-order valence-corrected chi connectivity index (χ4v) is 4.56. The Morgan fingerprint density at radius 3 is 2.60 bits per heavy atom. The first-order valence-electron chi connectivity index (χ1n) is 10.8. The molecule has 9 heteroatoms. The van der Waals surface area contributed by atoms with Gasteiger partial charge in [-0.15, -0.1) is 0 Å². The van der Waals surface area contributed by atoms with E-state index in [0.717, 1.165) is 27.6 Å². The number of ether oxygens (including phenoxy) is 2. The minimum atomic E-state index is -0.937. The van der Waals surface area contributed by atoms with Gasteiger partial charge in [0.1, 0.15) is 12.6 Å². The van der Waals surface area contributed by atoms with Crippen LogP contribution in [-0.2, 0) is 24.4 Å². The Bertz CT molecular complexity index is 1360. The molecule has 0 saturated heterocycles. The van der Waals surface area contributed by atoms with E-state index in [0.29, 0.717) is 33.0 Å². The van der Waals surface area contributed by atoms with Crippen LogP contribution in [-0.4, -0.2) is 29.2 Å². The Balaban J connectivity index is 1.46. The SMILES string of the molecule is COc1cc(CN[C@H](Cc2c[nH]c3ccccc23)C(=O)O)cc(Cl)c1OCc1ccc(Cl)cc1Cl. The number of nitrogens with one attached hydrogen (secondary N) is 2. The fourth-order valence-electron chi connectivity index (χ4n) is 3.81. The number of aromatic nitrogens is 1. The lowest BCUT2D eigenvalue weighted by Crippen LogP contribution is -2.38. The van der Waals surface area contributed by atoms with Gasteiger partial charge < -0.3 is 24.9 Å². The summed E-state index contributed by atoms with van der Waals surface area (Å²) in [5.41, 5.74) is 3.41. The Hall–Kier alpha value is -2.90. The zero-order valence-electron chi connectivity index (χ0n) is 18.8. The number of aliphatic carboxylic acids is 1. The zero-order chi connectivity index (χ0) is 24.9. The van der Waals surface area contributed by atoms with E-state index in [1.807, 2.05) is 30.5 Å². The molecule has 0 fully saturated rings. The van der Waals surface area contributed by atoms with Gasteiger partial charge in [-0.05, 0) is 41.5 Å². The summed E-state index contributed by atoms with van der Waals surface area (Å²) in [7, 11) is 1.52. The smallest absolute Gasteiger partial charge is 0.321 e. The Morgan fingerprint density at radius 1 is 1.06 bits per heavy atom. The molecule has 0 aliphatic rings. The highest BCUT2D eigenvalue weighted by Gasteiger charge is 2.20. The molecule has 3 N–H and O–H groups in total. The summed E-state index contributed by atoms with van der Waals surface area (Å²) in [6.45, 7) is 0.452. The van der Waals surface area contributed by atoms with Crippen LogP contribution in [0, 0.1) is 0 Å². The van der Waals surface area contributed by atoms with Gasteiger partial charge in [0.2, 0.25) is 0 Å². The van der Waals surface area contributed by atoms with Gasteiger partial charge in [0.15, 0.2) is 11.5 Å². The minimum absolute atomic E-state index is 0.176. The van der Waals surface area contributed by atoms with E-state index in [2.05, 4.69) is 10.3 Å². The van der Waals surface area contributed by atoms with Crippen molar-refractivity contribution in [3.63, 3.8) is 0 Å². The van der Waals surface area contributed by atoms with Crippen LogP contribution in [0.4, 0.5) is 0 Å². The lowest BCUT2D eigenvalue weighted by molar-refractivity contribution is -0.139. The average Bonchev–Trinajstić information content (AvgIpc) is 3.24. The zero-order valence-corrected chi connectivity index (χ0v) is 21.0. The van der Waals surface area contributed by atoms with Crippen molar-refractivity contribution in [1.29, 1.82) is 0 Å². The molecule has 1 heterocycles. The molecule has 0 unspecified atom stereocenters. The van der Waals surface area contributed by atoms with Gasteiger partial charge in [0.05, 0.1) is 12.1 Å². The Kier molecular flexibility index (Phi) is 8.08. The molecule has 0 spiro atoms. The van der Waals surface area contributed by atoms with Gasteiger partial charge in [-0.2, -0.15) is 0 Å². The van der Waals surface area contributed by atoms with E-state index >= 15 is 0 Å². The molecule has 0 amide bonds. The second-order valence-electron chi connectivity index (χ2n) is 7.97. The van der Waals surface area contributed by atoms with Gasteiger partial charge >= 0.3 is 5.97 Å². The molecule has 0 saturated carbocycles. The molecule has 0 radical (unpaired) electrons. The van der Waals surface area contributed by atoms with Crippen LogP contribution in [0.3, 0.4) is 0 Å². The van der Waals surface area contributed by atoms with Crippen LogP contribution < -0.4 is 14.8 Å². The highest BCUT2D eigenvalue weighted by molar-refractivity contribution is 6.35. The topological polar surface area (TPSA) is 83.6 Å². The van der Waals surface area contributed by atoms with Crippen molar-refractivity contribution < 1.29 is 19.4 Å². The van der Waals surface area contributed by atoms with Gasteiger partial charge in [-0.3, -0.25) is 4.79 Å². The van der Waals surface area contributed by atoms with Crippen LogP contribution in [0.15, 0.2) is 60.8 Å². The number of fused-ring (bicyclic) bond motifs is 1. The van der Waals surface area contributed by atoms with E-state index in [1.165, 1.54) is 7.11 Å². The highest BCUT2D eigenvalue weighted by atomic mass is 35.5. The van der Waals surface area contributed by atoms with Crippen LogP contribution in [0.25, 0.3) is 10.9 Å². The third-order valence-electron chi connectivity index (χ3n) is 5.63. The number of rotatable bonds is 10. The third kappa shape index (κ3) is 6.03. The molecule has 0 bridgehead atoms. The largest absolute Gasteiger partial charge is 0.493 e. The summed E-state index contributed by atoms with van der Waals surface area (Å²) < 4.78 is 11.4. The predicted molar refractivity (Wildman–Crippen MR) is 139 cm³/mol. The summed E-state index contributed by atoms with van der Waals surface area (Å²) in [5.74, 6) is -0.131. The van der Waals surface area contributed by atoms with Crippen molar-refractivity contribution in [2.24, 2.45) is 0 Å².